The fourth-order valence-corrected chi connectivity index (χ4v) is 3.35. The topological polar surface area (TPSA) is 35.8 Å². The quantitative estimate of drug-likeness (QED) is 0.909. The number of nitrogens with zero attached hydrogens (tertiary/aromatic N) is 1. The number of nitriles is 1. The van der Waals surface area contributed by atoms with Crippen LogP contribution in [0.5, 0.6) is 0 Å². The smallest absolute Gasteiger partial charge is 0.0672 e. The van der Waals surface area contributed by atoms with Gasteiger partial charge >= 0.3 is 0 Å². The molecule has 0 aliphatic heterocycles. The minimum atomic E-state index is 0.170. The van der Waals surface area contributed by atoms with Crippen LogP contribution in [0.3, 0.4) is 0 Å². The van der Waals surface area contributed by atoms with Crippen LogP contribution in [0.2, 0.25) is 0 Å². The number of hydrogen-bond donors (Lipinski definition) is 1. The number of benzene rings is 1. The van der Waals surface area contributed by atoms with Crippen molar-refractivity contribution >= 4 is 15.9 Å². The molecule has 0 bridgehead atoms. The van der Waals surface area contributed by atoms with Crippen LogP contribution >= 0.6 is 15.9 Å². The molecule has 0 amide bonds. The van der Waals surface area contributed by atoms with Crippen LogP contribution < -0.4 is 5.32 Å². The molecule has 0 heterocycles. The number of hydrogen-bond acceptors (Lipinski definition) is 2. The molecule has 2 rings (SSSR count). The first-order valence-corrected chi connectivity index (χ1v) is 7.41. The largest absolute Gasteiger partial charge is 0.306 e. The van der Waals surface area contributed by atoms with Crippen molar-refractivity contribution in [3.63, 3.8) is 0 Å². The third kappa shape index (κ3) is 3.13. The second-order valence-corrected chi connectivity index (χ2v) is 5.89. The van der Waals surface area contributed by atoms with Crippen LogP contribution in [0.25, 0.3) is 0 Å². The molecule has 18 heavy (non-hydrogen) atoms. The van der Waals surface area contributed by atoms with Crippen LogP contribution in [-0.4, -0.2) is 6.04 Å². The van der Waals surface area contributed by atoms with E-state index in [1.165, 1.54) is 18.4 Å². The molecule has 0 spiro atoms. The maximum Gasteiger partial charge on any atom is 0.0672 e. The molecule has 1 fully saturated rings. The van der Waals surface area contributed by atoms with Crippen LogP contribution in [-0.2, 0) is 0 Å². The van der Waals surface area contributed by atoms with E-state index in [1.54, 1.807) is 0 Å². The van der Waals surface area contributed by atoms with Crippen molar-refractivity contribution < 1.29 is 0 Å². The van der Waals surface area contributed by atoms with Gasteiger partial charge in [-0.3, -0.25) is 0 Å². The van der Waals surface area contributed by atoms with Gasteiger partial charge < -0.3 is 5.32 Å². The molecule has 3 heteroatoms. The second kappa shape index (κ2) is 6.36. The summed E-state index contributed by atoms with van der Waals surface area (Å²) < 4.78 is 1.13. The van der Waals surface area contributed by atoms with Gasteiger partial charge in [0, 0.05) is 16.6 Å². The summed E-state index contributed by atoms with van der Waals surface area (Å²) in [4.78, 5) is 0. The third-order valence-corrected chi connectivity index (χ3v) is 4.49. The summed E-state index contributed by atoms with van der Waals surface area (Å²) in [6.45, 7) is 2.17. The summed E-state index contributed by atoms with van der Waals surface area (Å²) in [6, 6.07) is 11.3. The van der Waals surface area contributed by atoms with Crippen LogP contribution in [0, 0.1) is 17.2 Å². The molecule has 1 N–H and O–H groups in total. The van der Waals surface area contributed by atoms with Crippen LogP contribution in [0.4, 0.5) is 0 Å². The lowest BCUT2D eigenvalue weighted by atomic mass is 9.85. The fraction of sp³-hybridized carbons (Fsp3) is 0.533. The Morgan fingerprint density at radius 2 is 2.06 bits per heavy atom. The van der Waals surface area contributed by atoms with Crippen molar-refractivity contribution in [1.29, 1.82) is 5.26 Å². The Balaban J connectivity index is 2.05. The summed E-state index contributed by atoms with van der Waals surface area (Å²) >= 11 is 3.59. The number of rotatable bonds is 3. The second-order valence-electron chi connectivity index (χ2n) is 5.04. The Morgan fingerprint density at radius 3 is 2.78 bits per heavy atom. The number of nitrogens with one attached hydrogen (secondary N) is 1. The van der Waals surface area contributed by atoms with Crippen molar-refractivity contribution in [1.82, 2.24) is 5.32 Å². The Hall–Kier alpha value is -0.850. The molecule has 1 aromatic carbocycles. The Kier molecular flexibility index (Phi) is 4.79. The molecule has 1 aliphatic rings. The van der Waals surface area contributed by atoms with Crippen LogP contribution in [0.1, 0.15) is 44.2 Å². The van der Waals surface area contributed by atoms with Gasteiger partial charge in [0.15, 0.2) is 0 Å². The third-order valence-electron chi connectivity index (χ3n) is 3.77. The van der Waals surface area contributed by atoms with Gasteiger partial charge in [-0.1, -0.05) is 47.0 Å². The molecule has 2 nitrogen and oxygen atoms in total. The first-order chi connectivity index (χ1) is 8.72. The van der Waals surface area contributed by atoms with Crippen molar-refractivity contribution in [3.8, 4) is 6.07 Å². The van der Waals surface area contributed by atoms with Gasteiger partial charge in [0.25, 0.3) is 0 Å². The van der Waals surface area contributed by atoms with Gasteiger partial charge in [-0.25, -0.2) is 0 Å². The average Bonchev–Trinajstić information content (AvgIpc) is 2.39. The highest BCUT2D eigenvalue weighted by molar-refractivity contribution is 9.10. The summed E-state index contributed by atoms with van der Waals surface area (Å²) in [5.41, 5.74) is 1.26. The van der Waals surface area contributed by atoms with E-state index in [0.717, 1.165) is 17.3 Å². The van der Waals surface area contributed by atoms with E-state index in [4.69, 9.17) is 0 Å². The van der Waals surface area contributed by atoms with E-state index in [0.29, 0.717) is 6.04 Å². The Labute approximate surface area is 118 Å². The zero-order valence-corrected chi connectivity index (χ0v) is 12.3. The fourth-order valence-electron chi connectivity index (χ4n) is 2.72. The van der Waals surface area contributed by atoms with Gasteiger partial charge in [0.2, 0.25) is 0 Å². The predicted molar refractivity (Wildman–Crippen MR) is 77.1 cm³/mol. The van der Waals surface area contributed by atoms with E-state index in [1.807, 2.05) is 6.07 Å². The molecule has 1 aliphatic carbocycles. The van der Waals surface area contributed by atoms with E-state index in [-0.39, 0.29) is 12.0 Å². The van der Waals surface area contributed by atoms with Crippen molar-refractivity contribution in [2.24, 2.45) is 5.92 Å². The zero-order valence-electron chi connectivity index (χ0n) is 10.7. The molecular weight excluding hydrogens is 288 g/mol. The molecule has 96 valence electrons. The molecule has 0 saturated heterocycles. The summed E-state index contributed by atoms with van der Waals surface area (Å²) in [7, 11) is 0. The summed E-state index contributed by atoms with van der Waals surface area (Å²) in [5, 5.41) is 12.8. The van der Waals surface area contributed by atoms with Crippen LogP contribution in [0.15, 0.2) is 28.7 Å². The SMILES string of the molecule is C[C@H](NC1CCCCC1C#N)c1ccccc1Br. The van der Waals surface area contributed by atoms with Crippen molar-refractivity contribution in [2.45, 2.75) is 44.7 Å². The lowest BCUT2D eigenvalue weighted by Gasteiger charge is -2.31. The molecular formula is C15H19BrN2. The maximum absolute atomic E-state index is 9.20. The standard InChI is InChI=1S/C15H19BrN2/c1-11(13-7-3-4-8-14(13)16)18-15-9-5-2-6-12(15)10-17/h3-4,7-8,11-12,15,18H,2,5-6,9H2,1H3/t11-,12?,15?/m0/s1. The van der Waals surface area contributed by atoms with E-state index >= 15 is 0 Å². The molecule has 2 unspecified atom stereocenters. The van der Waals surface area contributed by atoms with Gasteiger partial charge in [0.1, 0.15) is 0 Å². The monoisotopic (exact) mass is 306 g/mol. The highest BCUT2D eigenvalue weighted by Crippen LogP contribution is 2.28. The normalized spacial score (nSPS) is 25.4. The highest BCUT2D eigenvalue weighted by Gasteiger charge is 2.26. The van der Waals surface area contributed by atoms with Crippen molar-refractivity contribution in [2.75, 3.05) is 0 Å². The lowest BCUT2D eigenvalue weighted by molar-refractivity contribution is 0.292. The Morgan fingerprint density at radius 1 is 1.33 bits per heavy atom. The zero-order chi connectivity index (χ0) is 13.0. The minimum Gasteiger partial charge on any atom is -0.306 e. The predicted octanol–water partition coefficient (Wildman–Crippen LogP) is 4.18. The maximum atomic E-state index is 9.20. The lowest BCUT2D eigenvalue weighted by Crippen LogP contribution is -2.39. The van der Waals surface area contributed by atoms with E-state index < -0.39 is 0 Å². The van der Waals surface area contributed by atoms with Gasteiger partial charge in [0.05, 0.1) is 12.0 Å². The highest BCUT2D eigenvalue weighted by atomic mass is 79.9. The minimum absolute atomic E-state index is 0.170. The molecule has 1 aromatic rings. The van der Waals surface area contributed by atoms with E-state index in [9.17, 15) is 5.26 Å². The Bertz CT molecular complexity index is 438. The molecule has 3 atom stereocenters. The average molecular weight is 307 g/mol. The van der Waals surface area contributed by atoms with E-state index in [2.05, 4.69) is 52.4 Å². The molecule has 0 radical (unpaired) electrons. The first-order valence-electron chi connectivity index (χ1n) is 6.62. The van der Waals surface area contributed by atoms with Gasteiger partial charge in [-0.05, 0) is 31.4 Å². The van der Waals surface area contributed by atoms with Crippen molar-refractivity contribution in [3.05, 3.63) is 34.3 Å². The summed E-state index contributed by atoms with van der Waals surface area (Å²) in [5.74, 6) is 0.170. The molecule has 1 saturated carbocycles. The first kappa shape index (κ1) is 13.6. The van der Waals surface area contributed by atoms with Gasteiger partial charge in [-0.2, -0.15) is 5.26 Å². The molecule has 0 aromatic heterocycles. The number of halogens is 1. The van der Waals surface area contributed by atoms with Gasteiger partial charge in [-0.15, -0.1) is 0 Å². The summed E-state index contributed by atoms with van der Waals surface area (Å²) in [6.07, 6.45) is 4.59.